The van der Waals surface area contributed by atoms with Gasteiger partial charge in [-0.1, -0.05) is 31.8 Å². The van der Waals surface area contributed by atoms with Gasteiger partial charge in [0.25, 0.3) is 0 Å². The molecule has 0 fully saturated rings. The Labute approximate surface area is 145 Å². The number of benzene rings is 1. The number of carbonyl (C=O) groups is 1. The van der Waals surface area contributed by atoms with Crippen molar-refractivity contribution in [2.24, 2.45) is 5.41 Å². The number of hydrogen-bond acceptors (Lipinski definition) is 3. The molecule has 0 saturated carbocycles. The van der Waals surface area contributed by atoms with Crippen molar-refractivity contribution in [1.82, 2.24) is 0 Å². The lowest BCUT2D eigenvalue weighted by molar-refractivity contribution is -0.116. The third-order valence-electron chi connectivity index (χ3n) is 4.49. The minimum absolute atomic E-state index is 0.00121. The zero-order valence-electron chi connectivity index (χ0n) is 15.1. The van der Waals surface area contributed by atoms with E-state index in [4.69, 9.17) is 9.47 Å². The van der Waals surface area contributed by atoms with Crippen LogP contribution < -0.4 is 9.47 Å². The Bertz CT molecular complexity index is 687. The molecule has 0 saturated heterocycles. The predicted molar refractivity (Wildman–Crippen MR) is 96.4 cm³/mol. The van der Waals surface area contributed by atoms with Crippen molar-refractivity contribution in [1.29, 1.82) is 0 Å². The lowest BCUT2D eigenvalue weighted by Crippen LogP contribution is -2.24. The fourth-order valence-electron chi connectivity index (χ4n) is 3.07. The Balaban J connectivity index is 2.01. The molecule has 0 amide bonds. The molecule has 0 aromatic heterocycles. The quantitative estimate of drug-likeness (QED) is 0.745. The summed E-state index contributed by atoms with van der Waals surface area (Å²) in [6.45, 7) is 4.31. The molecule has 0 radical (unpaired) electrons. The van der Waals surface area contributed by atoms with Crippen molar-refractivity contribution < 1.29 is 14.3 Å². The highest BCUT2D eigenvalue weighted by molar-refractivity contribution is 5.96. The van der Waals surface area contributed by atoms with E-state index in [0.29, 0.717) is 18.6 Å². The molecule has 24 heavy (non-hydrogen) atoms. The molecule has 1 aliphatic rings. The summed E-state index contributed by atoms with van der Waals surface area (Å²) in [5.41, 5.74) is 1.76. The van der Waals surface area contributed by atoms with Crippen molar-refractivity contribution in [3.8, 4) is 23.3 Å². The highest BCUT2D eigenvalue weighted by Crippen LogP contribution is 2.37. The molecule has 2 rings (SSSR count). The molecule has 3 heteroatoms. The zero-order valence-corrected chi connectivity index (χ0v) is 15.1. The summed E-state index contributed by atoms with van der Waals surface area (Å²) in [4.78, 5) is 12.5. The van der Waals surface area contributed by atoms with E-state index < -0.39 is 0 Å². The number of methoxy groups -OCH3 is 2. The van der Waals surface area contributed by atoms with Crippen LogP contribution in [0.1, 0.15) is 51.5 Å². The third kappa shape index (κ3) is 4.41. The number of allylic oxidation sites excluding steroid dienone is 2. The zero-order chi connectivity index (χ0) is 17.6. The smallest absolute Gasteiger partial charge is 0.160 e. The summed E-state index contributed by atoms with van der Waals surface area (Å²) in [5.74, 6) is 7.87. The maximum absolute atomic E-state index is 12.5. The van der Waals surface area contributed by atoms with Gasteiger partial charge >= 0.3 is 0 Å². The van der Waals surface area contributed by atoms with Gasteiger partial charge < -0.3 is 9.47 Å². The van der Waals surface area contributed by atoms with Gasteiger partial charge in [0.15, 0.2) is 5.78 Å². The predicted octanol–water partition coefficient (Wildman–Crippen LogP) is 4.54. The van der Waals surface area contributed by atoms with Crippen LogP contribution in [0.5, 0.6) is 11.5 Å². The third-order valence-corrected chi connectivity index (χ3v) is 4.49. The first-order valence-electron chi connectivity index (χ1n) is 8.42. The lowest BCUT2D eigenvalue weighted by Gasteiger charge is -2.30. The van der Waals surface area contributed by atoms with Crippen LogP contribution in [0, 0.1) is 17.3 Å². The second kappa shape index (κ2) is 8.06. The number of ether oxygens (including phenoxy) is 2. The van der Waals surface area contributed by atoms with Crippen LogP contribution in [0.15, 0.2) is 29.8 Å². The minimum atomic E-state index is -0.00121. The molecule has 0 aliphatic heterocycles. The molecule has 0 spiro atoms. The van der Waals surface area contributed by atoms with Gasteiger partial charge in [0.2, 0.25) is 0 Å². The fraction of sp³-hybridized carbons (Fsp3) is 0.476. The van der Waals surface area contributed by atoms with Crippen LogP contribution in [0.3, 0.4) is 0 Å². The first kappa shape index (κ1) is 18.1. The molecule has 0 unspecified atom stereocenters. The molecule has 3 nitrogen and oxygen atoms in total. The summed E-state index contributed by atoms with van der Waals surface area (Å²) in [6.07, 6.45) is 6.39. The summed E-state index contributed by atoms with van der Waals surface area (Å²) >= 11 is 0. The Morgan fingerprint density at radius 2 is 2.04 bits per heavy atom. The topological polar surface area (TPSA) is 35.5 Å². The van der Waals surface area contributed by atoms with Crippen molar-refractivity contribution in [2.75, 3.05) is 14.2 Å². The number of ketones is 1. The summed E-state index contributed by atoms with van der Waals surface area (Å²) in [5, 5.41) is 0. The van der Waals surface area contributed by atoms with E-state index >= 15 is 0 Å². The van der Waals surface area contributed by atoms with Gasteiger partial charge in [-0.15, -0.1) is 0 Å². The molecule has 0 atom stereocenters. The average Bonchev–Trinajstić information content (AvgIpc) is 2.57. The Morgan fingerprint density at radius 3 is 2.71 bits per heavy atom. The molecular formula is C21H26O3. The van der Waals surface area contributed by atoms with Crippen molar-refractivity contribution >= 4 is 5.78 Å². The second-order valence-electron chi connectivity index (χ2n) is 6.69. The first-order valence-corrected chi connectivity index (χ1v) is 8.42. The van der Waals surface area contributed by atoms with E-state index in [1.165, 1.54) is 6.42 Å². The van der Waals surface area contributed by atoms with Crippen LogP contribution >= 0.6 is 0 Å². The molecule has 0 N–H and O–H groups in total. The van der Waals surface area contributed by atoms with E-state index in [0.717, 1.165) is 29.7 Å². The molecule has 0 bridgehead atoms. The number of Topliss-reactive ketones (excluding diaryl/α,β-unsaturated/α-hetero) is 1. The standard InChI is InChI=1S/C21H26O3/c1-21(2)14-8-7-10-18(21)19(22)11-6-5-9-16-15-17(23-3)12-13-20(16)24-4/h10,12-13,15H,6-8,11,14H2,1-4H3. The maximum Gasteiger partial charge on any atom is 0.160 e. The highest BCUT2D eigenvalue weighted by Gasteiger charge is 2.29. The van der Waals surface area contributed by atoms with Gasteiger partial charge in [0.05, 0.1) is 19.8 Å². The Morgan fingerprint density at radius 1 is 1.25 bits per heavy atom. The number of rotatable bonds is 5. The molecule has 1 aromatic rings. The van der Waals surface area contributed by atoms with Crippen molar-refractivity contribution in [3.05, 3.63) is 35.4 Å². The molecule has 1 aromatic carbocycles. The van der Waals surface area contributed by atoms with Gasteiger partial charge in [0.1, 0.15) is 11.5 Å². The lowest BCUT2D eigenvalue weighted by atomic mass is 9.73. The van der Waals surface area contributed by atoms with Crippen LogP contribution in [0.4, 0.5) is 0 Å². The van der Waals surface area contributed by atoms with Crippen molar-refractivity contribution in [3.63, 3.8) is 0 Å². The summed E-state index contributed by atoms with van der Waals surface area (Å²) in [6, 6.07) is 5.52. The van der Waals surface area contributed by atoms with E-state index in [-0.39, 0.29) is 11.2 Å². The van der Waals surface area contributed by atoms with Crippen LogP contribution in [0.25, 0.3) is 0 Å². The first-order chi connectivity index (χ1) is 11.5. The van der Waals surface area contributed by atoms with E-state index in [2.05, 4.69) is 31.8 Å². The molecule has 128 valence electrons. The van der Waals surface area contributed by atoms with Crippen molar-refractivity contribution in [2.45, 2.75) is 46.0 Å². The second-order valence-corrected chi connectivity index (χ2v) is 6.69. The largest absolute Gasteiger partial charge is 0.497 e. The molecule has 0 heterocycles. The van der Waals surface area contributed by atoms with Crippen LogP contribution in [-0.4, -0.2) is 20.0 Å². The van der Waals surface area contributed by atoms with Gasteiger partial charge in [-0.2, -0.15) is 0 Å². The number of carbonyl (C=O) groups excluding carboxylic acids is 1. The van der Waals surface area contributed by atoms with Crippen LogP contribution in [0.2, 0.25) is 0 Å². The maximum atomic E-state index is 12.5. The monoisotopic (exact) mass is 326 g/mol. The SMILES string of the molecule is COc1ccc(OC)c(C#CCCC(=O)C2=CCCCC2(C)C)c1. The summed E-state index contributed by atoms with van der Waals surface area (Å²) < 4.78 is 10.5. The average molecular weight is 326 g/mol. The summed E-state index contributed by atoms with van der Waals surface area (Å²) in [7, 11) is 3.24. The van der Waals surface area contributed by atoms with Gasteiger partial charge in [0, 0.05) is 12.8 Å². The fourth-order valence-corrected chi connectivity index (χ4v) is 3.07. The highest BCUT2D eigenvalue weighted by atomic mass is 16.5. The normalized spacial score (nSPS) is 15.8. The van der Waals surface area contributed by atoms with E-state index in [9.17, 15) is 4.79 Å². The number of hydrogen-bond donors (Lipinski definition) is 0. The Kier molecular flexibility index (Phi) is 6.09. The van der Waals surface area contributed by atoms with Gasteiger partial charge in [-0.05, 0) is 48.4 Å². The van der Waals surface area contributed by atoms with Gasteiger partial charge in [-0.25, -0.2) is 0 Å². The minimum Gasteiger partial charge on any atom is -0.497 e. The van der Waals surface area contributed by atoms with Gasteiger partial charge in [-0.3, -0.25) is 4.79 Å². The van der Waals surface area contributed by atoms with Crippen LogP contribution in [-0.2, 0) is 4.79 Å². The van der Waals surface area contributed by atoms with E-state index in [1.807, 2.05) is 18.2 Å². The molecule has 1 aliphatic carbocycles. The van der Waals surface area contributed by atoms with E-state index in [1.54, 1.807) is 14.2 Å². The molecular weight excluding hydrogens is 300 g/mol. The Hall–Kier alpha value is -2.21.